The molecule has 1 saturated heterocycles. The predicted octanol–water partition coefficient (Wildman–Crippen LogP) is 0.737. The highest BCUT2D eigenvalue weighted by molar-refractivity contribution is 7.89. The number of rotatable bonds is 4. The Kier molecular flexibility index (Phi) is 4.57. The second-order valence-electron chi connectivity index (χ2n) is 5.05. The number of primary sulfonamides is 1. The van der Waals surface area contributed by atoms with Gasteiger partial charge in [0.2, 0.25) is 10.0 Å². The highest BCUT2D eigenvalue weighted by atomic mass is 32.2. The first-order valence-corrected chi connectivity index (χ1v) is 8.11. The SMILES string of the molecule is CC(NC1CCCNC1)c1ccc(S(N)(=O)=O)cc1. The number of piperidine rings is 1. The molecule has 0 aromatic heterocycles. The van der Waals surface area contributed by atoms with Crippen LogP contribution in [0.4, 0.5) is 0 Å². The molecule has 2 unspecified atom stereocenters. The summed E-state index contributed by atoms with van der Waals surface area (Å²) in [6.45, 7) is 4.16. The molecule has 1 aliphatic rings. The minimum Gasteiger partial charge on any atom is -0.315 e. The van der Waals surface area contributed by atoms with Gasteiger partial charge in [-0.25, -0.2) is 13.6 Å². The number of nitrogens with two attached hydrogens (primary N) is 1. The molecule has 0 amide bonds. The molecule has 2 rings (SSSR count). The van der Waals surface area contributed by atoms with Crippen LogP contribution in [0.25, 0.3) is 0 Å². The van der Waals surface area contributed by atoms with Crippen LogP contribution in [0.15, 0.2) is 29.2 Å². The average Bonchev–Trinajstić information content (AvgIpc) is 2.39. The van der Waals surface area contributed by atoms with Gasteiger partial charge in [-0.15, -0.1) is 0 Å². The molecule has 19 heavy (non-hydrogen) atoms. The summed E-state index contributed by atoms with van der Waals surface area (Å²) in [6, 6.07) is 7.41. The maximum atomic E-state index is 11.2. The van der Waals surface area contributed by atoms with Gasteiger partial charge in [0, 0.05) is 18.6 Å². The first kappa shape index (κ1) is 14.5. The molecular weight excluding hydrogens is 262 g/mol. The number of hydrogen-bond donors (Lipinski definition) is 3. The Hall–Kier alpha value is -0.950. The summed E-state index contributed by atoms with van der Waals surface area (Å²) in [6.07, 6.45) is 2.36. The second-order valence-corrected chi connectivity index (χ2v) is 6.61. The highest BCUT2D eigenvalue weighted by Crippen LogP contribution is 2.17. The number of sulfonamides is 1. The van der Waals surface area contributed by atoms with Crippen molar-refractivity contribution < 1.29 is 8.42 Å². The number of benzene rings is 1. The van der Waals surface area contributed by atoms with Crippen molar-refractivity contribution in [2.24, 2.45) is 5.14 Å². The maximum Gasteiger partial charge on any atom is 0.238 e. The van der Waals surface area contributed by atoms with Crippen molar-refractivity contribution in [3.63, 3.8) is 0 Å². The third-order valence-electron chi connectivity index (χ3n) is 3.49. The van der Waals surface area contributed by atoms with E-state index in [9.17, 15) is 8.42 Å². The van der Waals surface area contributed by atoms with E-state index in [1.165, 1.54) is 12.8 Å². The lowest BCUT2D eigenvalue weighted by atomic mass is 10.0. The molecule has 5 nitrogen and oxygen atoms in total. The lowest BCUT2D eigenvalue weighted by Gasteiger charge is -2.27. The van der Waals surface area contributed by atoms with Crippen molar-refractivity contribution >= 4 is 10.0 Å². The molecule has 1 heterocycles. The fourth-order valence-electron chi connectivity index (χ4n) is 2.39. The van der Waals surface area contributed by atoms with Gasteiger partial charge in [0.05, 0.1) is 4.90 Å². The van der Waals surface area contributed by atoms with E-state index in [0.717, 1.165) is 18.7 Å². The van der Waals surface area contributed by atoms with Crippen LogP contribution in [0.2, 0.25) is 0 Å². The normalized spacial score (nSPS) is 22.1. The van der Waals surface area contributed by atoms with Gasteiger partial charge >= 0.3 is 0 Å². The van der Waals surface area contributed by atoms with Crippen LogP contribution in [-0.4, -0.2) is 27.5 Å². The van der Waals surface area contributed by atoms with Crippen LogP contribution in [0.1, 0.15) is 31.4 Å². The largest absolute Gasteiger partial charge is 0.315 e. The van der Waals surface area contributed by atoms with Crippen LogP contribution in [-0.2, 0) is 10.0 Å². The Morgan fingerprint density at radius 1 is 1.37 bits per heavy atom. The van der Waals surface area contributed by atoms with Gasteiger partial charge in [-0.3, -0.25) is 0 Å². The van der Waals surface area contributed by atoms with Crippen LogP contribution < -0.4 is 15.8 Å². The molecule has 0 radical (unpaired) electrons. The van der Waals surface area contributed by atoms with Gasteiger partial charge in [0.25, 0.3) is 0 Å². The maximum absolute atomic E-state index is 11.2. The smallest absolute Gasteiger partial charge is 0.238 e. The van der Waals surface area contributed by atoms with Crippen LogP contribution >= 0.6 is 0 Å². The zero-order valence-electron chi connectivity index (χ0n) is 11.1. The molecule has 0 aliphatic carbocycles. The van der Waals surface area contributed by atoms with Gasteiger partial charge in [0.1, 0.15) is 0 Å². The molecule has 0 spiro atoms. The Morgan fingerprint density at radius 3 is 2.58 bits per heavy atom. The van der Waals surface area contributed by atoms with Gasteiger partial charge < -0.3 is 10.6 Å². The van der Waals surface area contributed by atoms with Gasteiger partial charge in [0.15, 0.2) is 0 Å². The summed E-state index contributed by atoms with van der Waals surface area (Å²) in [5.41, 5.74) is 1.07. The third-order valence-corrected chi connectivity index (χ3v) is 4.42. The standard InChI is InChI=1S/C13H21N3O2S/c1-10(16-12-3-2-8-15-9-12)11-4-6-13(7-5-11)19(14,17)18/h4-7,10,12,15-16H,2-3,8-9H2,1H3,(H2,14,17,18). The van der Waals surface area contributed by atoms with E-state index < -0.39 is 10.0 Å². The monoisotopic (exact) mass is 283 g/mol. The average molecular weight is 283 g/mol. The molecule has 4 N–H and O–H groups in total. The van der Waals surface area contributed by atoms with Crippen molar-refractivity contribution in [3.8, 4) is 0 Å². The summed E-state index contributed by atoms with van der Waals surface area (Å²) < 4.78 is 22.4. The fraction of sp³-hybridized carbons (Fsp3) is 0.538. The molecule has 1 aromatic rings. The summed E-state index contributed by atoms with van der Waals surface area (Å²) in [4.78, 5) is 0.155. The minimum absolute atomic E-state index is 0.155. The summed E-state index contributed by atoms with van der Waals surface area (Å²) >= 11 is 0. The first-order valence-electron chi connectivity index (χ1n) is 6.56. The molecule has 1 fully saturated rings. The molecule has 1 aliphatic heterocycles. The van der Waals surface area contributed by atoms with Gasteiger partial charge in [-0.1, -0.05) is 12.1 Å². The van der Waals surface area contributed by atoms with Crippen molar-refractivity contribution in [2.45, 2.75) is 36.7 Å². The predicted molar refractivity (Wildman–Crippen MR) is 75.3 cm³/mol. The third kappa shape index (κ3) is 4.01. The Labute approximate surface area is 114 Å². The summed E-state index contributed by atoms with van der Waals surface area (Å²) in [5, 5.41) is 12.0. The van der Waals surface area contributed by atoms with Crippen molar-refractivity contribution in [1.82, 2.24) is 10.6 Å². The Balaban J connectivity index is 2.01. The number of nitrogens with one attached hydrogen (secondary N) is 2. The van der Waals surface area contributed by atoms with Gasteiger partial charge in [-0.05, 0) is 44.0 Å². The minimum atomic E-state index is -3.60. The van der Waals surface area contributed by atoms with E-state index in [2.05, 4.69) is 17.6 Å². The molecule has 0 bridgehead atoms. The van der Waals surface area contributed by atoms with Crippen LogP contribution in [0, 0.1) is 0 Å². The van der Waals surface area contributed by atoms with E-state index in [1.807, 2.05) is 12.1 Å². The molecule has 0 saturated carbocycles. The highest BCUT2D eigenvalue weighted by Gasteiger charge is 2.16. The fourth-order valence-corrected chi connectivity index (χ4v) is 2.91. The van der Waals surface area contributed by atoms with E-state index in [-0.39, 0.29) is 10.9 Å². The number of hydrogen-bond acceptors (Lipinski definition) is 4. The van der Waals surface area contributed by atoms with Crippen molar-refractivity contribution in [1.29, 1.82) is 0 Å². The topological polar surface area (TPSA) is 84.2 Å². The van der Waals surface area contributed by atoms with E-state index in [4.69, 9.17) is 5.14 Å². The molecule has 1 aromatic carbocycles. The van der Waals surface area contributed by atoms with Crippen molar-refractivity contribution in [2.75, 3.05) is 13.1 Å². The lowest BCUT2D eigenvalue weighted by Crippen LogP contribution is -2.43. The Bertz CT molecular complexity index is 507. The van der Waals surface area contributed by atoms with Gasteiger partial charge in [-0.2, -0.15) is 0 Å². The van der Waals surface area contributed by atoms with Crippen LogP contribution in [0.5, 0.6) is 0 Å². The molecular formula is C13H21N3O2S. The zero-order chi connectivity index (χ0) is 13.9. The van der Waals surface area contributed by atoms with Crippen LogP contribution in [0.3, 0.4) is 0 Å². The Morgan fingerprint density at radius 2 is 2.05 bits per heavy atom. The quantitative estimate of drug-likeness (QED) is 0.761. The summed E-state index contributed by atoms with van der Waals surface area (Å²) in [5.74, 6) is 0. The molecule has 6 heteroatoms. The van der Waals surface area contributed by atoms with E-state index in [1.54, 1.807) is 12.1 Å². The van der Waals surface area contributed by atoms with Crippen molar-refractivity contribution in [3.05, 3.63) is 29.8 Å². The zero-order valence-corrected chi connectivity index (χ0v) is 11.9. The van der Waals surface area contributed by atoms with E-state index in [0.29, 0.717) is 6.04 Å². The molecule has 106 valence electrons. The van der Waals surface area contributed by atoms with E-state index >= 15 is 0 Å². The molecule has 2 atom stereocenters. The lowest BCUT2D eigenvalue weighted by molar-refractivity contribution is 0.362. The first-order chi connectivity index (χ1) is 8.97. The second kappa shape index (κ2) is 6.00. The summed E-state index contributed by atoms with van der Waals surface area (Å²) in [7, 11) is -3.60.